The van der Waals surface area contributed by atoms with Crippen LogP contribution >= 0.6 is 11.6 Å². The molecule has 5 nitrogen and oxygen atoms in total. The standard InChI is InChI=1S/C18H21ClFN5/c19-16-9-15(1-2-17(16)20)25-12-22-10-18-13(3-8-24(18)25)11-23-6-4-14(21)5-7-23/h1-3,8-10,14H,4-7,11-12,21H2. The van der Waals surface area contributed by atoms with Gasteiger partial charge in [-0.3, -0.25) is 19.6 Å². The Morgan fingerprint density at radius 3 is 2.80 bits per heavy atom. The van der Waals surface area contributed by atoms with E-state index in [9.17, 15) is 4.39 Å². The van der Waals surface area contributed by atoms with E-state index in [4.69, 9.17) is 17.3 Å². The van der Waals surface area contributed by atoms with Crippen LogP contribution < -0.4 is 10.7 Å². The lowest BCUT2D eigenvalue weighted by atomic mass is 10.1. The smallest absolute Gasteiger partial charge is 0.141 e. The highest BCUT2D eigenvalue weighted by atomic mass is 35.5. The normalized spacial score (nSPS) is 18.6. The molecular formula is C18H21ClFN5. The second-order valence-corrected chi connectivity index (χ2v) is 7.04. The van der Waals surface area contributed by atoms with Gasteiger partial charge in [-0.1, -0.05) is 11.6 Å². The monoisotopic (exact) mass is 361 g/mol. The minimum absolute atomic E-state index is 0.116. The Bertz CT molecular complexity index is 795. The molecule has 2 aromatic rings. The maximum absolute atomic E-state index is 13.5. The Hall–Kier alpha value is -1.89. The number of nitrogens with zero attached hydrogens (tertiary/aromatic N) is 4. The van der Waals surface area contributed by atoms with Crippen LogP contribution in [-0.2, 0) is 6.54 Å². The number of aromatic nitrogens is 1. The highest BCUT2D eigenvalue weighted by molar-refractivity contribution is 6.31. The summed E-state index contributed by atoms with van der Waals surface area (Å²) in [5.74, 6) is -0.414. The van der Waals surface area contributed by atoms with Crippen LogP contribution in [0.5, 0.6) is 0 Å². The van der Waals surface area contributed by atoms with Crippen molar-refractivity contribution in [1.82, 2.24) is 9.58 Å². The lowest BCUT2D eigenvalue weighted by Crippen LogP contribution is -2.39. The first kappa shape index (κ1) is 16.6. The summed E-state index contributed by atoms with van der Waals surface area (Å²) in [6.45, 7) is 3.42. The van der Waals surface area contributed by atoms with E-state index in [1.807, 2.05) is 17.4 Å². The molecule has 2 N–H and O–H groups in total. The molecule has 0 amide bonds. The lowest BCUT2D eigenvalue weighted by molar-refractivity contribution is 0.205. The van der Waals surface area contributed by atoms with Gasteiger partial charge < -0.3 is 5.73 Å². The van der Waals surface area contributed by atoms with Gasteiger partial charge in [-0.25, -0.2) is 4.39 Å². The molecule has 0 radical (unpaired) electrons. The van der Waals surface area contributed by atoms with Gasteiger partial charge in [-0.15, -0.1) is 0 Å². The molecule has 0 saturated carbocycles. The summed E-state index contributed by atoms with van der Waals surface area (Å²) in [6, 6.07) is 7.20. The highest BCUT2D eigenvalue weighted by Gasteiger charge is 2.22. The van der Waals surface area contributed by atoms with Crippen molar-refractivity contribution in [3.8, 4) is 0 Å². The largest absolute Gasteiger partial charge is 0.328 e. The van der Waals surface area contributed by atoms with Gasteiger partial charge in [0.25, 0.3) is 0 Å². The summed E-state index contributed by atoms with van der Waals surface area (Å²) in [7, 11) is 0. The van der Waals surface area contributed by atoms with Crippen molar-refractivity contribution in [1.29, 1.82) is 0 Å². The Balaban J connectivity index is 1.58. The summed E-state index contributed by atoms with van der Waals surface area (Å²) in [5.41, 5.74) is 9.10. The van der Waals surface area contributed by atoms with Crippen molar-refractivity contribution < 1.29 is 4.39 Å². The molecule has 0 unspecified atom stereocenters. The van der Waals surface area contributed by atoms with E-state index >= 15 is 0 Å². The fraction of sp³-hybridized carbons (Fsp3) is 0.389. The van der Waals surface area contributed by atoms with E-state index in [2.05, 4.69) is 20.6 Å². The van der Waals surface area contributed by atoms with Crippen molar-refractivity contribution in [3.05, 3.63) is 52.6 Å². The molecule has 1 saturated heterocycles. The highest BCUT2D eigenvalue weighted by Crippen LogP contribution is 2.26. The van der Waals surface area contributed by atoms with E-state index in [0.29, 0.717) is 12.7 Å². The Kier molecular flexibility index (Phi) is 4.50. The van der Waals surface area contributed by atoms with Gasteiger partial charge in [0.15, 0.2) is 0 Å². The van der Waals surface area contributed by atoms with Crippen LogP contribution in [0.4, 0.5) is 10.1 Å². The number of aliphatic imine (C=N–C) groups is 1. The number of nitrogens with two attached hydrogens (primary N) is 1. The third-order valence-corrected chi connectivity index (χ3v) is 5.20. The maximum Gasteiger partial charge on any atom is 0.141 e. The molecule has 2 aliphatic heterocycles. The van der Waals surface area contributed by atoms with Crippen LogP contribution in [0.25, 0.3) is 0 Å². The van der Waals surface area contributed by atoms with Crippen LogP contribution in [0.3, 0.4) is 0 Å². The SMILES string of the molecule is NC1CCN(Cc2ccn3c2C=NCN3c2ccc(F)c(Cl)c2)CC1. The summed E-state index contributed by atoms with van der Waals surface area (Å²) in [5, 5.41) is 2.10. The van der Waals surface area contributed by atoms with E-state index < -0.39 is 5.82 Å². The Morgan fingerprint density at radius 1 is 1.24 bits per heavy atom. The van der Waals surface area contributed by atoms with Crippen molar-refractivity contribution in [2.24, 2.45) is 10.7 Å². The average Bonchev–Trinajstić information content (AvgIpc) is 3.02. The number of likely N-dealkylation sites (tertiary alicyclic amines) is 1. The molecule has 132 valence electrons. The molecule has 1 fully saturated rings. The van der Waals surface area contributed by atoms with Gasteiger partial charge in [-0.2, -0.15) is 0 Å². The third kappa shape index (κ3) is 3.29. The quantitative estimate of drug-likeness (QED) is 0.914. The minimum atomic E-state index is -0.414. The number of anilines is 1. The lowest BCUT2D eigenvalue weighted by Gasteiger charge is -2.31. The second kappa shape index (κ2) is 6.78. The van der Waals surface area contributed by atoms with Crippen LogP contribution in [-0.4, -0.2) is 41.6 Å². The van der Waals surface area contributed by atoms with Gasteiger partial charge in [0, 0.05) is 25.0 Å². The van der Waals surface area contributed by atoms with Crippen molar-refractivity contribution >= 4 is 23.5 Å². The van der Waals surface area contributed by atoms with Crippen molar-refractivity contribution in [3.63, 3.8) is 0 Å². The number of piperidine rings is 1. The predicted molar refractivity (Wildman–Crippen MR) is 98.7 cm³/mol. The topological polar surface area (TPSA) is 49.8 Å². The van der Waals surface area contributed by atoms with Crippen LogP contribution in [0.15, 0.2) is 35.5 Å². The molecule has 2 aliphatic rings. The van der Waals surface area contributed by atoms with Crippen LogP contribution in [0.1, 0.15) is 24.1 Å². The minimum Gasteiger partial charge on any atom is -0.328 e. The Labute approximate surface area is 151 Å². The van der Waals surface area contributed by atoms with Crippen molar-refractivity contribution in [2.75, 3.05) is 24.8 Å². The number of hydrogen-bond acceptors (Lipinski definition) is 4. The summed E-state index contributed by atoms with van der Waals surface area (Å²) >= 11 is 5.94. The van der Waals surface area contributed by atoms with Crippen LogP contribution in [0.2, 0.25) is 5.02 Å². The number of benzene rings is 1. The summed E-state index contributed by atoms with van der Waals surface area (Å²) in [4.78, 5) is 6.90. The zero-order valence-corrected chi connectivity index (χ0v) is 14.7. The molecule has 7 heteroatoms. The number of rotatable bonds is 3. The second-order valence-electron chi connectivity index (χ2n) is 6.64. The van der Waals surface area contributed by atoms with Gasteiger partial charge in [-0.05, 0) is 55.8 Å². The number of halogens is 2. The fourth-order valence-corrected chi connectivity index (χ4v) is 3.61. The molecule has 0 bridgehead atoms. The molecule has 0 aliphatic carbocycles. The van der Waals surface area contributed by atoms with Gasteiger partial charge >= 0.3 is 0 Å². The third-order valence-electron chi connectivity index (χ3n) is 4.91. The molecule has 0 atom stereocenters. The first-order chi connectivity index (χ1) is 12.1. The molecule has 1 aromatic heterocycles. The van der Waals surface area contributed by atoms with Gasteiger partial charge in [0.05, 0.1) is 16.4 Å². The molecule has 3 heterocycles. The molecular weight excluding hydrogens is 341 g/mol. The fourth-order valence-electron chi connectivity index (χ4n) is 3.44. The predicted octanol–water partition coefficient (Wildman–Crippen LogP) is 2.86. The van der Waals surface area contributed by atoms with E-state index in [-0.39, 0.29) is 5.02 Å². The van der Waals surface area contributed by atoms with Gasteiger partial charge in [0.1, 0.15) is 12.5 Å². The van der Waals surface area contributed by atoms with E-state index in [1.54, 1.807) is 12.1 Å². The van der Waals surface area contributed by atoms with Gasteiger partial charge in [0.2, 0.25) is 0 Å². The molecule has 1 aromatic carbocycles. The van der Waals surface area contributed by atoms with E-state index in [1.165, 1.54) is 11.6 Å². The summed E-state index contributed by atoms with van der Waals surface area (Å²) < 4.78 is 15.5. The first-order valence-corrected chi connectivity index (χ1v) is 8.90. The first-order valence-electron chi connectivity index (χ1n) is 8.52. The zero-order valence-electron chi connectivity index (χ0n) is 13.9. The molecule has 25 heavy (non-hydrogen) atoms. The molecule has 4 rings (SSSR count). The number of hydrogen-bond donors (Lipinski definition) is 1. The van der Waals surface area contributed by atoms with Crippen LogP contribution in [0, 0.1) is 5.82 Å². The average molecular weight is 362 g/mol. The molecule has 0 spiro atoms. The van der Waals surface area contributed by atoms with Crippen molar-refractivity contribution in [2.45, 2.75) is 25.4 Å². The van der Waals surface area contributed by atoms with E-state index in [0.717, 1.165) is 43.9 Å². The maximum atomic E-state index is 13.5. The zero-order chi connectivity index (χ0) is 17.4. The summed E-state index contributed by atoms with van der Waals surface area (Å²) in [6.07, 6.45) is 6.03. The Morgan fingerprint density at radius 2 is 2.04 bits per heavy atom. The number of fused-ring (bicyclic) bond motifs is 1.